The summed E-state index contributed by atoms with van der Waals surface area (Å²) in [5, 5.41) is 13.3. The number of aromatic hydroxyl groups is 1. The number of carbonyl (C=O) groups excluding carboxylic acids is 1. The fourth-order valence-corrected chi connectivity index (χ4v) is 2.66. The Bertz CT molecular complexity index is 427. The van der Waals surface area contributed by atoms with Crippen LogP contribution in [0.15, 0.2) is 24.3 Å². The molecule has 0 aromatic heterocycles. The van der Waals surface area contributed by atoms with Crippen molar-refractivity contribution in [3.8, 4) is 5.75 Å². The quantitative estimate of drug-likeness (QED) is 0.799. The van der Waals surface area contributed by atoms with Crippen LogP contribution in [-0.2, 0) is 9.53 Å². The lowest BCUT2D eigenvalue weighted by atomic mass is 9.97. The average molecular weight is 263 g/mol. The molecular weight excluding hydrogens is 242 g/mol. The minimum atomic E-state index is -0.452. The maximum absolute atomic E-state index is 11.9. The molecule has 0 heterocycles. The lowest BCUT2D eigenvalue weighted by molar-refractivity contribution is -0.142. The molecule has 2 rings (SSSR count). The van der Waals surface area contributed by atoms with E-state index in [9.17, 15) is 9.90 Å². The number of nitrogens with one attached hydrogen (secondary N) is 1. The predicted octanol–water partition coefficient (Wildman–Crippen LogP) is 2.18. The maximum atomic E-state index is 11.9. The van der Waals surface area contributed by atoms with E-state index in [0.717, 1.165) is 12.8 Å². The van der Waals surface area contributed by atoms with Gasteiger partial charge in [0.25, 0.3) is 0 Å². The van der Waals surface area contributed by atoms with Crippen molar-refractivity contribution in [2.45, 2.75) is 37.6 Å². The molecule has 19 heavy (non-hydrogen) atoms. The van der Waals surface area contributed by atoms with E-state index in [-0.39, 0.29) is 11.7 Å². The van der Waals surface area contributed by atoms with Gasteiger partial charge in [0.1, 0.15) is 5.75 Å². The Morgan fingerprint density at radius 3 is 2.74 bits per heavy atom. The van der Waals surface area contributed by atoms with Crippen LogP contribution in [0.25, 0.3) is 0 Å². The first kappa shape index (κ1) is 13.9. The molecule has 0 radical (unpaired) electrons. The maximum Gasteiger partial charge on any atom is 0.314 e. The van der Waals surface area contributed by atoms with Gasteiger partial charge in [-0.3, -0.25) is 4.79 Å². The van der Waals surface area contributed by atoms with Crippen molar-refractivity contribution in [1.82, 2.24) is 5.32 Å². The largest absolute Gasteiger partial charge is 0.508 e. The second kappa shape index (κ2) is 6.57. The summed E-state index contributed by atoms with van der Waals surface area (Å²) < 4.78 is 4.85. The number of ether oxygens (including phenoxy) is 1. The Morgan fingerprint density at radius 2 is 2.11 bits per heavy atom. The van der Waals surface area contributed by atoms with E-state index in [1.165, 1.54) is 20.0 Å². The molecular formula is C15H21NO3. The number of benzene rings is 1. The van der Waals surface area contributed by atoms with Crippen LogP contribution in [0.2, 0.25) is 0 Å². The van der Waals surface area contributed by atoms with Gasteiger partial charge in [-0.2, -0.15) is 0 Å². The smallest absolute Gasteiger partial charge is 0.314 e. The lowest BCUT2D eigenvalue weighted by Crippen LogP contribution is -2.33. The highest BCUT2D eigenvalue weighted by atomic mass is 16.5. The van der Waals surface area contributed by atoms with Crippen LogP contribution in [0.3, 0.4) is 0 Å². The third-order valence-electron chi connectivity index (χ3n) is 3.76. The molecule has 0 amide bonds. The third-order valence-corrected chi connectivity index (χ3v) is 3.76. The first-order chi connectivity index (χ1) is 9.22. The number of methoxy groups -OCH3 is 1. The van der Waals surface area contributed by atoms with Gasteiger partial charge in [-0.15, -0.1) is 0 Å². The highest BCUT2D eigenvalue weighted by Crippen LogP contribution is 2.27. The Hall–Kier alpha value is -1.55. The van der Waals surface area contributed by atoms with Crippen LogP contribution in [0.1, 0.15) is 37.2 Å². The van der Waals surface area contributed by atoms with Crippen LogP contribution in [0.4, 0.5) is 0 Å². The van der Waals surface area contributed by atoms with E-state index in [1.54, 1.807) is 18.2 Å². The van der Waals surface area contributed by atoms with Crippen molar-refractivity contribution in [1.29, 1.82) is 0 Å². The first-order valence-corrected chi connectivity index (χ1v) is 6.81. The van der Waals surface area contributed by atoms with Crippen molar-refractivity contribution < 1.29 is 14.6 Å². The van der Waals surface area contributed by atoms with Gasteiger partial charge in [-0.25, -0.2) is 0 Å². The summed E-state index contributed by atoms with van der Waals surface area (Å²) in [4.78, 5) is 11.9. The van der Waals surface area contributed by atoms with Gasteiger partial charge in [-0.05, 0) is 18.9 Å². The Balaban J connectivity index is 2.07. The summed E-state index contributed by atoms with van der Waals surface area (Å²) in [6.45, 7) is 0.509. The van der Waals surface area contributed by atoms with Gasteiger partial charge in [0.15, 0.2) is 0 Å². The summed E-state index contributed by atoms with van der Waals surface area (Å²) in [6, 6.07) is 7.42. The second-order valence-electron chi connectivity index (χ2n) is 5.02. The number of phenols is 1. The van der Waals surface area contributed by atoms with Crippen LogP contribution in [0.5, 0.6) is 5.75 Å². The van der Waals surface area contributed by atoms with Gasteiger partial charge < -0.3 is 15.2 Å². The molecule has 4 nitrogen and oxygen atoms in total. The van der Waals surface area contributed by atoms with Crippen molar-refractivity contribution in [3.05, 3.63) is 29.8 Å². The van der Waals surface area contributed by atoms with Gasteiger partial charge >= 0.3 is 5.97 Å². The zero-order valence-corrected chi connectivity index (χ0v) is 11.3. The minimum absolute atomic E-state index is 0.145. The van der Waals surface area contributed by atoms with Crippen LogP contribution >= 0.6 is 0 Å². The number of hydrogen-bond acceptors (Lipinski definition) is 4. The van der Waals surface area contributed by atoms with E-state index >= 15 is 0 Å². The molecule has 0 aliphatic heterocycles. The molecule has 1 aromatic rings. The summed E-state index contributed by atoms with van der Waals surface area (Å²) >= 11 is 0. The molecule has 1 aliphatic carbocycles. The van der Waals surface area contributed by atoms with Gasteiger partial charge in [0.2, 0.25) is 0 Å². The summed E-state index contributed by atoms with van der Waals surface area (Å²) in [6.07, 6.45) is 4.82. The molecule has 1 aromatic carbocycles. The number of rotatable bonds is 5. The van der Waals surface area contributed by atoms with Gasteiger partial charge in [0, 0.05) is 18.2 Å². The molecule has 1 unspecified atom stereocenters. The summed E-state index contributed by atoms with van der Waals surface area (Å²) in [5.41, 5.74) is 0.625. The summed E-state index contributed by atoms with van der Waals surface area (Å²) in [5.74, 6) is -0.620. The zero-order chi connectivity index (χ0) is 13.7. The molecule has 0 bridgehead atoms. The van der Waals surface area contributed by atoms with Gasteiger partial charge in [0.05, 0.1) is 13.0 Å². The van der Waals surface area contributed by atoms with E-state index in [0.29, 0.717) is 18.2 Å². The topological polar surface area (TPSA) is 58.6 Å². The van der Waals surface area contributed by atoms with Crippen molar-refractivity contribution in [2.24, 2.45) is 0 Å². The fraction of sp³-hybridized carbons (Fsp3) is 0.533. The van der Waals surface area contributed by atoms with Gasteiger partial charge in [-0.1, -0.05) is 31.0 Å². The third kappa shape index (κ3) is 3.47. The van der Waals surface area contributed by atoms with E-state index in [4.69, 9.17) is 4.74 Å². The average Bonchev–Trinajstić information content (AvgIpc) is 2.93. The van der Waals surface area contributed by atoms with Crippen LogP contribution < -0.4 is 5.32 Å². The fourth-order valence-electron chi connectivity index (χ4n) is 2.66. The number of phenolic OH excluding ortho intramolecular Hbond substituents is 1. The van der Waals surface area contributed by atoms with Crippen molar-refractivity contribution >= 4 is 5.97 Å². The molecule has 1 aliphatic rings. The predicted molar refractivity (Wildman–Crippen MR) is 73.1 cm³/mol. The van der Waals surface area contributed by atoms with E-state index < -0.39 is 5.92 Å². The highest BCUT2D eigenvalue weighted by Gasteiger charge is 2.25. The number of esters is 1. The van der Waals surface area contributed by atoms with Crippen molar-refractivity contribution in [2.75, 3.05) is 13.7 Å². The zero-order valence-electron chi connectivity index (χ0n) is 11.3. The molecule has 4 heteroatoms. The SMILES string of the molecule is COC(=O)C(CNC1CCCC1)c1ccccc1O. The lowest BCUT2D eigenvalue weighted by Gasteiger charge is -2.19. The molecule has 0 spiro atoms. The standard InChI is InChI=1S/C15H21NO3/c1-19-15(18)13(10-16-11-6-2-3-7-11)12-8-4-5-9-14(12)17/h4-5,8-9,11,13,16-17H,2-3,6-7,10H2,1H3. The Morgan fingerprint density at radius 1 is 1.42 bits per heavy atom. The summed E-state index contributed by atoms with van der Waals surface area (Å²) in [7, 11) is 1.38. The van der Waals surface area contributed by atoms with Crippen LogP contribution in [0, 0.1) is 0 Å². The second-order valence-corrected chi connectivity index (χ2v) is 5.02. The monoisotopic (exact) mass is 263 g/mol. The highest BCUT2D eigenvalue weighted by molar-refractivity contribution is 5.79. The Kier molecular flexibility index (Phi) is 4.80. The Labute approximate surface area is 113 Å². The van der Waals surface area contributed by atoms with Crippen LogP contribution in [-0.4, -0.2) is 30.8 Å². The normalized spacial score (nSPS) is 17.3. The molecule has 1 atom stereocenters. The molecule has 1 saturated carbocycles. The van der Waals surface area contributed by atoms with E-state index in [2.05, 4.69) is 5.32 Å². The number of carbonyl (C=O) groups is 1. The first-order valence-electron chi connectivity index (χ1n) is 6.81. The van der Waals surface area contributed by atoms with E-state index in [1.807, 2.05) is 6.07 Å². The number of para-hydroxylation sites is 1. The number of hydrogen-bond donors (Lipinski definition) is 2. The molecule has 2 N–H and O–H groups in total. The van der Waals surface area contributed by atoms with Crippen molar-refractivity contribution in [3.63, 3.8) is 0 Å². The molecule has 104 valence electrons. The molecule has 1 fully saturated rings. The molecule has 0 saturated heterocycles. The minimum Gasteiger partial charge on any atom is -0.508 e.